The van der Waals surface area contributed by atoms with E-state index in [-0.39, 0.29) is 17.0 Å². The Morgan fingerprint density at radius 2 is 1.96 bits per heavy atom. The molecule has 0 atom stereocenters. The van der Waals surface area contributed by atoms with Crippen LogP contribution < -0.4 is 0 Å². The second kappa shape index (κ2) is 7.28. The minimum Gasteiger partial charge on any atom is -0.478 e. The minimum absolute atomic E-state index is 0.0470. The van der Waals surface area contributed by atoms with Crippen molar-refractivity contribution in [2.24, 2.45) is 0 Å². The van der Waals surface area contributed by atoms with Gasteiger partial charge >= 0.3 is 5.97 Å². The molecule has 26 heavy (non-hydrogen) atoms. The third-order valence-corrected chi connectivity index (χ3v) is 4.40. The Morgan fingerprint density at radius 3 is 2.58 bits per heavy atom. The van der Waals surface area contributed by atoms with Crippen molar-refractivity contribution in [2.45, 2.75) is 19.8 Å². The van der Waals surface area contributed by atoms with Crippen LogP contribution in [0.2, 0.25) is 0 Å². The van der Waals surface area contributed by atoms with Crippen LogP contribution in [-0.2, 0) is 4.79 Å². The highest BCUT2D eigenvalue weighted by atomic mass is 16.4. The Morgan fingerprint density at radius 1 is 1.23 bits per heavy atom. The second-order valence-corrected chi connectivity index (χ2v) is 6.21. The lowest BCUT2D eigenvalue weighted by atomic mass is 10.0. The zero-order chi connectivity index (χ0) is 18.7. The molecule has 0 aliphatic carbocycles. The van der Waals surface area contributed by atoms with Crippen LogP contribution in [0.1, 0.15) is 34.5 Å². The highest BCUT2D eigenvalue weighted by molar-refractivity contribution is 6.01. The molecule has 0 unspecified atom stereocenters. The summed E-state index contributed by atoms with van der Waals surface area (Å²) in [7, 11) is 0. The van der Waals surface area contributed by atoms with Gasteiger partial charge in [-0.1, -0.05) is 6.07 Å². The SMILES string of the molecule is Cc1cc(C(=O)O)ccc1-c1ccc(/C=C(\C#N)C(=O)N2CCCC2)o1. The largest absolute Gasteiger partial charge is 0.478 e. The number of carboxylic acids is 1. The number of rotatable bonds is 4. The van der Waals surface area contributed by atoms with Gasteiger partial charge in [0.15, 0.2) is 0 Å². The van der Waals surface area contributed by atoms with E-state index in [9.17, 15) is 14.9 Å². The summed E-state index contributed by atoms with van der Waals surface area (Å²) in [4.78, 5) is 25.1. The molecule has 6 heteroatoms. The Labute approximate surface area is 151 Å². The van der Waals surface area contributed by atoms with Crippen molar-refractivity contribution >= 4 is 18.0 Å². The highest BCUT2D eigenvalue weighted by Gasteiger charge is 2.22. The molecule has 1 saturated heterocycles. The summed E-state index contributed by atoms with van der Waals surface area (Å²) in [5.74, 6) is -0.297. The van der Waals surface area contributed by atoms with E-state index in [1.165, 1.54) is 12.1 Å². The van der Waals surface area contributed by atoms with E-state index in [0.29, 0.717) is 24.6 Å². The maximum Gasteiger partial charge on any atom is 0.335 e. The highest BCUT2D eigenvalue weighted by Crippen LogP contribution is 2.27. The van der Waals surface area contributed by atoms with Crippen molar-refractivity contribution in [3.8, 4) is 17.4 Å². The Hall–Kier alpha value is -3.33. The van der Waals surface area contributed by atoms with Gasteiger partial charge in [-0.3, -0.25) is 4.79 Å². The summed E-state index contributed by atoms with van der Waals surface area (Å²) in [6.07, 6.45) is 3.37. The number of furan rings is 1. The number of nitrogens with zero attached hydrogens (tertiary/aromatic N) is 2. The molecule has 1 amide bonds. The number of carbonyl (C=O) groups excluding carboxylic acids is 1. The van der Waals surface area contributed by atoms with Crippen molar-refractivity contribution in [2.75, 3.05) is 13.1 Å². The average molecular weight is 350 g/mol. The molecule has 1 aliphatic rings. The van der Waals surface area contributed by atoms with Crippen LogP contribution in [0.25, 0.3) is 17.4 Å². The fourth-order valence-electron chi connectivity index (χ4n) is 3.02. The van der Waals surface area contributed by atoms with Gasteiger partial charge in [0.25, 0.3) is 5.91 Å². The van der Waals surface area contributed by atoms with Crippen molar-refractivity contribution < 1.29 is 19.1 Å². The smallest absolute Gasteiger partial charge is 0.335 e. The number of amides is 1. The Balaban J connectivity index is 1.86. The summed E-state index contributed by atoms with van der Waals surface area (Å²) in [6, 6.07) is 10.2. The topological polar surface area (TPSA) is 94.5 Å². The van der Waals surface area contributed by atoms with Crippen molar-refractivity contribution in [3.05, 3.63) is 52.8 Å². The number of hydrogen-bond donors (Lipinski definition) is 1. The molecule has 0 saturated carbocycles. The van der Waals surface area contributed by atoms with E-state index in [0.717, 1.165) is 24.0 Å². The number of aromatic carboxylic acids is 1. The summed E-state index contributed by atoms with van der Waals surface area (Å²) in [5, 5.41) is 18.4. The van der Waals surface area contributed by atoms with Crippen LogP contribution in [0.15, 0.2) is 40.3 Å². The zero-order valence-electron chi connectivity index (χ0n) is 14.4. The molecule has 6 nitrogen and oxygen atoms in total. The number of nitriles is 1. The van der Waals surface area contributed by atoms with Crippen LogP contribution in [0.3, 0.4) is 0 Å². The molecule has 2 aromatic rings. The first-order chi connectivity index (χ1) is 12.5. The molecule has 1 aliphatic heterocycles. The van der Waals surface area contributed by atoms with Crippen LogP contribution in [0.5, 0.6) is 0 Å². The van der Waals surface area contributed by atoms with Crippen LogP contribution in [0.4, 0.5) is 0 Å². The minimum atomic E-state index is -0.984. The summed E-state index contributed by atoms with van der Waals surface area (Å²) < 4.78 is 5.75. The first kappa shape index (κ1) is 17.5. The fraction of sp³-hybridized carbons (Fsp3) is 0.250. The van der Waals surface area contributed by atoms with Gasteiger partial charge in [-0.2, -0.15) is 5.26 Å². The Kier molecular flexibility index (Phi) is 4.90. The van der Waals surface area contributed by atoms with Crippen molar-refractivity contribution in [1.82, 2.24) is 4.90 Å². The second-order valence-electron chi connectivity index (χ2n) is 6.21. The molecule has 0 spiro atoms. The normalized spacial score (nSPS) is 14.3. The molecule has 1 fully saturated rings. The standard InChI is InChI=1S/C20H18N2O4/c1-13-10-14(20(24)25)4-6-17(13)18-7-5-16(26-18)11-15(12-21)19(23)22-8-2-3-9-22/h4-7,10-11H,2-3,8-9H2,1H3,(H,24,25)/b15-11+. The van der Waals surface area contributed by atoms with Gasteiger partial charge in [0.2, 0.25) is 0 Å². The van der Waals surface area contributed by atoms with Gasteiger partial charge < -0.3 is 14.4 Å². The first-order valence-corrected chi connectivity index (χ1v) is 8.35. The first-order valence-electron chi connectivity index (χ1n) is 8.35. The lowest BCUT2D eigenvalue weighted by Gasteiger charge is -2.13. The van der Waals surface area contributed by atoms with Crippen LogP contribution in [0, 0.1) is 18.3 Å². The van der Waals surface area contributed by atoms with Gasteiger partial charge in [-0.05, 0) is 49.6 Å². The number of carboxylic acid groups (broad SMARTS) is 1. The lowest BCUT2D eigenvalue weighted by Crippen LogP contribution is -2.28. The maximum atomic E-state index is 12.4. The van der Waals surface area contributed by atoms with Gasteiger partial charge in [0, 0.05) is 24.7 Å². The average Bonchev–Trinajstić information content (AvgIpc) is 3.31. The third kappa shape index (κ3) is 3.52. The van der Waals surface area contributed by atoms with Gasteiger partial charge in [-0.15, -0.1) is 0 Å². The van der Waals surface area contributed by atoms with Crippen LogP contribution >= 0.6 is 0 Å². The van der Waals surface area contributed by atoms with E-state index in [4.69, 9.17) is 9.52 Å². The van der Waals surface area contributed by atoms with Crippen molar-refractivity contribution in [1.29, 1.82) is 5.26 Å². The molecule has 0 bridgehead atoms. The van der Waals surface area contributed by atoms with Gasteiger partial charge in [0.1, 0.15) is 23.2 Å². The fourth-order valence-corrected chi connectivity index (χ4v) is 3.02. The van der Waals surface area contributed by atoms with Crippen LogP contribution in [-0.4, -0.2) is 35.0 Å². The molecule has 3 rings (SSSR count). The molecule has 2 heterocycles. The zero-order valence-corrected chi connectivity index (χ0v) is 14.4. The number of likely N-dealkylation sites (tertiary alicyclic amines) is 1. The quantitative estimate of drug-likeness (QED) is 0.673. The predicted octanol–water partition coefficient (Wildman–Crippen LogP) is 3.48. The number of carbonyl (C=O) groups is 2. The maximum absolute atomic E-state index is 12.4. The molecular formula is C20H18N2O4. The predicted molar refractivity (Wildman–Crippen MR) is 95.2 cm³/mol. The van der Waals surface area contributed by atoms with Crippen molar-refractivity contribution in [3.63, 3.8) is 0 Å². The van der Waals surface area contributed by atoms with Gasteiger partial charge in [0.05, 0.1) is 5.56 Å². The Bertz CT molecular complexity index is 928. The summed E-state index contributed by atoms with van der Waals surface area (Å²) >= 11 is 0. The molecule has 132 valence electrons. The molecule has 1 aromatic carbocycles. The van der Waals surface area contributed by atoms with E-state index < -0.39 is 5.97 Å². The monoisotopic (exact) mass is 350 g/mol. The van der Waals surface area contributed by atoms with E-state index in [1.54, 1.807) is 36.1 Å². The van der Waals surface area contributed by atoms with E-state index >= 15 is 0 Å². The van der Waals surface area contributed by atoms with E-state index in [2.05, 4.69) is 0 Å². The number of aryl methyl sites for hydroxylation is 1. The lowest BCUT2D eigenvalue weighted by molar-refractivity contribution is -0.125. The molecule has 0 radical (unpaired) electrons. The van der Waals surface area contributed by atoms with Gasteiger partial charge in [-0.25, -0.2) is 4.79 Å². The molecule has 1 N–H and O–H groups in total. The summed E-state index contributed by atoms with van der Waals surface area (Å²) in [6.45, 7) is 3.16. The molecular weight excluding hydrogens is 332 g/mol. The van der Waals surface area contributed by atoms with E-state index in [1.807, 2.05) is 6.07 Å². The molecule has 1 aromatic heterocycles. The number of benzene rings is 1. The third-order valence-electron chi connectivity index (χ3n) is 4.40. The number of hydrogen-bond acceptors (Lipinski definition) is 4. The summed E-state index contributed by atoms with van der Waals surface area (Å²) in [5.41, 5.74) is 1.79.